The van der Waals surface area contributed by atoms with Crippen molar-refractivity contribution >= 4 is 15.9 Å². The summed E-state index contributed by atoms with van der Waals surface area (Å²) in [4.78, 5) is 13.1. The lowest BCUT2D eigenvalue weighted by Gasteiger charge is -2.33. The molecular weight excluding hydrogens is 440 g/mol. The summed E-state index contributed by atoms with van der Waals surface area (Å²) in [5, 5.41) is 2.95. The Kier molecular flexibility index (Phi) is 8.74. The largest absolute Gasteiger partial charge is 0.497 e. The molecule has 0 saturated heterocycles. The van der Waals surface area contributed by atoms with Crippen molar-refractivity contribution in [3.05, 3.63) is 54.1 Å². The van der Waals surface area contributed by atoms with E-state index in [0.717, 1.165) is 43.4 Å². The maximum atomic E-state index is 13.6. The predicted molar refractivity (Wildman–Crippen MR) is 128 cm³/mol. The van der Waals surface area contributed by atoms with Crippen molar-refractivity contribution in [3.8, 4) is 11.5 Å². The van der Waals surface area contributed by atoms with Gasteiger partial charge in [0.05, 0.1) is 31.2 Å². The molecule has 1 aliphatic rings. The molecule has 0 aliphatic heterocycles. The number of amides is 1. The SMILES string of the molecule is CCOc1ccc(S(=O)(=O)N(CC(=O)N[C@H](C)c2ccc(OC)cc2)C2CCCCC2)cc1. The van der Waals surface area contributed by atoms with Gasteiger partial charge in [-0.05, 0) is 68.7 Å². The molecule has 0 bridgehead atoms. The molecule has 0 heterocycles. The lowest BCUT2D eigenvalue weighted by atomic mass is 9.95. The van der Waals surface area contributed by atoms with Gasteiger partial charge in [-0.3, -0.25) is 4.79 Å². The molecule has 1 N–H and O–H groups in total. The van der Waals surface area contributed by atoms with E-state index in [-0.39, 0.29) is 29.4 Å². The van der Waals surface area contributed by atoms with Crippen LogP contribution >= 0.6 is 0 Å². The zero-order valence-corrected chi connectivity index (χ0v) is 20.4. The third kappa shape index (κ3) is 6.48. The summed E-state index contributed by atoms with van der Waals surface area (Å²) in [5.74, 6) is 1.03. The molecular formula is C25H34N2O5S. The Hall–Kier alpha value is -2.58. The minimum Gasteiger partial charge on any atom is -0.497 e. The van der Waals surface area contributed by atoms with Gasteiger partial charge in [0.15, 0.2) is 0 Å². The number of carbonyl (C=O) groups excluding carboxylic acids is 1. The number of methoxy groups -OCH3 is 1. The highest BCUT2D eigenvalue weighted by Gasteiger charge is 2.34. The van der Waals surface area contributed by atoms with E-state index in [1.165, 1.54) is 4.31 Å². The van der Waals surface area contributed by atoms with Crippen LogP contribution in [0.4, 0.5) is 0 Å². The molecule has 0 spiro atoms. The molecule has 1 fully saturated rings. The van der Waals surface area contributed by atoms with Crippen LogP contribution < -0.4 is 14.8 Å². The van der Waals surface area contributed by atoms with Crippen molar-refractivity contribution < 1.29 is 22.7 Å². The third-order valence-electron chi connectivity index (χ3n) is 6.02. The van der Waals surface area contributed by atoms with E-state index < -0.39 is 10.0 Å². The maximum Gasteiger partial charge on any atom is 0.243 e. The van der Waals surface area contributed by atoms with E-state index in [2.05, 4.69) is 5.32 Å². The van der Waals surface area contributed by atoms with Crippen LogP contribution in [0, 0.1) is 0 Å². The first kappa shape index (κ1) is 25.1. The average molecular weight is 475 g/mol. The molecule has 1 amide bonds. The van der Waals surface area contributed by atoms with Gasteiger partial charge in [0.25, 0.3) is 0 Å². The monoisotopic (exact) mass is 474 g/mol. The molecule has 1 atom stereocenters. The molecule has 8 heteroatoms. The molecule has 7 nitrogen and oxygen atoms in total. The van der Waals surface area contributed by atoms with Crippen LogP contribution in [-0.4, -0.2) is 44.9 Å². The molecule has 0 radical (unpaired) electrons. The molecule has 2 aromatic rings. The predicted octanol–water partition coefficient (Wildman–Crippen LogP) is 4.29. The number of ether oxygens (including phenoxy) is 2. The number of nitrogens with one attached hydrogen (secondary N) is 1. The van der Waals surface area contributed by atoms with Crippen LogP contribution in [0.3, 0.4) is 0 Å². The van der Waals surface area contributed by atoms with Crippen LogP contribution in [0.5, 0.6) is 11.5 Å². The number of benzene rings is 2. The normalized spacial score (nSPS) is 15.8. The molecule has 0 unspecified atom stereocenters. The smallest absolute Gasteiger partial charge is 0.243 e. The summed E-state index contributed by atoms with van der Waals surface area (Å²) in [6, 6.07) is 13.4. The van der Waals surface area contributed by atoms with Crippen molar-refractivity contribution in [3.63, 3.8) is 0 Å². The van der Waals surface area contributed by atoms with Gasteiger partial charge < -0.3 is 14.8 Å². The second kappa shape index (κ2) is 11.5. The quantitative estimate of drug-likeness (QED) is 0.555. The summed E-state index contributed by atoms with van der Waals surface area (Å²) >= 11 is 0. The van der Waals surface area contributed by atoms with Crippen molar-refractivity contribution in [2.24, 2.45) is 0 Å². The van der Waals surface area contributed by atoms with Gasteiger partial charge in [-0.25, -0.2) is 8.42 Å². The fourth-order valence-electron chi connectivity index (χ4n) is 4.19. The Bertz CT molecular complexity index is 1000. The summed E-state index contributed by atoms with van der Waals surface area (Å²) in [7, 11) is -2.23. The summed E-state index contributed by atoms with van der Waals surface area (Å²) < 4.78 is 39.1. The van der Waals surface area contributed by atoms with Gasteiger partial charge >= 0.3 is 0 Å². The van der Waals surface area contributed by atoms with Crippen LogP contribution in [0.15, 0.2) is 53.4 Å². The molecule has 1 saturated carbocycles. The van der Waals surface area contributed by atoms with E-state index in [0.29, 0.717) is 12.4 Å². The Morgan fingerprint density at radius 1 is 1.03 bits per heavy atom. The molecule has 180 valence electrons. The van der Waals surface area contributed by atoms with Gasteiger partial charge in [-0.1, -0.05) is 31.4 Å². The lowest BCUT2D eigenvalue weighted by molar-refractivity contribution is -0.122. The zero-order valence-electron chi connectivity index (χ0n) is 19.6. The number of rotatable bonds is 10. The van der Waals surface area contributed by atoms with E-state index in [9.17, 15) is 13.2 Å². The van der Waals surface area contributed by atoms with Gasteiger partial charge in [0, 0.05) is 6.04 Å². The van der Waals surface area contributed by atoms with Crippen LogP contribution in [0.25, 0.3) is 0 Å². The fourth-order valence-corrected chi connectivity index (χ4v) is 5.84. The van der Waals surface area contributed by atoms with E-state index in [1.807, 2.05) is 38.1 Å². The van der Waals surface area contributed by atoms with Crippen molar-refractivity contribution in [2.75, 3.05) is 20.3 Å². The third-order valence-corrected chi connectivity index (χ3v) is 7.93. The number of hydrogen-bond donors (Lipinski definition) is 1. The zero-order chi connectivity index (χ0) is 23.8. The molecule has 0 aromatic heterocycles. The molecule has 2 aromatic carbocycles. The second-order valence-corrected chi connectivity index (χ2v) is 10.2. The van der Waals surface area contributed by atoms with Crippen molar-refractivity contribution in [1.82, 2.24) is 9.62 Å². The number of carbonyl (C=O) groups is 1. The maximum absolute atomic E-state index is 13.6. The number of hydrogen-bond acceptors (Lipinski definition) is 5. The minimum atomic E-state index is -3.84. The first-order chi connectivity index (χ1) is 15.8. The lowest BCUT2D eigenvalue weighted by Crippen LogP contribution is -2.47. The average Bonchev–Trinajstić information content (AvgIpc) is 2.83. The molecule has 3 rings (SSSR count). The van der Waals surface area contributed by atoms with E-state index >= 15 is 0 Å². The second-order valence-electron chi connectivity index (χ2n) is 8.31. The highest BCUT2D eigenvalue weighted by Crippen LogP contribution is 2.29. The highest BCUT2D eigenvalue weighted by atomic mass is 32.2. The molecule has 1 aliphatic carbocycles. The number of nitrogens with zero attached hydrogens (tertiary/aromatic N) is 1. The van der Waals surface area contributed by atoms with Crippen LogP contribution in [0.1, 0.15) is 57.6 Å². The molecule has 33 heavy (non-hydrogen) atoms. The van der Waals surface area contributed by atoms with Crippen molar-refractivity contribution in [1.29, 1.82) is 0 Å². The Morgan fingerprint density at radius 2 is 1.64 bits per heavy atom. The Balaban J connectivity index is 1.77. The van der Waals surface area contributed by atoms with Gasteiger partial charge in [-0.2, -0.15) is 4.31 Å². The summed E-state index contributed by atoms with van der Waals surface area (Å²) in [6.07, 6.45) is 4.54. The van der Waals surface area contributed by atoms with Gasteiger partial charge in [-0.15, -0.1) is 0 Å². The Morgan fingerprint density at radius 3 is 2.21 bits per heavy atom. The van der Waals surface area contributed by atoms with Gasteiger partial charge in [0.1, 0.15) is 11.5 Å². The number of sulfonamides is 1. The van der Waals surface area contributed by atoms with Crippen molar-refractivity contribution in [2.45, 2.75) is 62.9 Å². The van der Waals surface area contributed by atoms with Gasteiger partial charge in [0.2, 0.25) is 15.9 Å². The Labute approximate surface area is 197 Å². The van der Waals surface area contributed by atoms with E-state index in [1.54, 1.807) is 31.4 Å². The van der Waals surface area contributed by atoms with Crippen LogP contribution in [-0.2, 0) is 14.8 Å². The topological polar surface area (TPSA) is 84.9 Å². The van der Waals surface area contributed by atoms with E-state index in [4.69, 9.17) is 9.47 Å². The summed E-state index contributed by atoms with van der Waals surface area (Å²) in [5.41, 5.74) is 0.919. The fraction of sp³-hybridized carbons (Fsp3) is 0.480. The van der Waals surface area contributed by atoms with Crippen LogP contribution in [0.2, 0.25) is 0 Å². The first-order valence-corrected chi connectivity index (χ1v) is 13.0. The standard InChI is InChI=1S/C25H34N2O5S/c1-4-32-23-14-16-24(17-15-23)33(29,30)27(21-8-6-5-7-9-21)18-25(28)26-19(2)20-10-12-22(31-3)13-11-20/h10-17,19,21H,4-9,18H2,1-3H3,(H,26,28)/t19-/m1/s1. The summed E-state index contributed by atoms with van der Waals surface area (Å²) in [6.45, 7) is 4.06. The highest BCUT2D eigenvalue weighted by molar-refractivity contribution is 7.89. The minimum absolute atomic E-state index is 0.174. The first-order valence-electron chi connectivity index (χ1n) is 11.5.